The van der Waals surface area contributed by atoms with Gasteiger partial charge in [-0.1, -0.05) is 35.8 Å². The highest BCUT2D eigenvalue weighted by atomic mass is 16.5. The van der Waals surface area contributed by atoms with E-state index in [-0.39, 0.29) is 5.91 Å². The molecule has 5 nitrogen and oxygen atoms in total. The van der Waals surface area contributed by atoms with Crippen molar-refractivity contribution in [3.63, 3.8) is 0 Å². The third kappa shape index (κ3) is 3.91. The molecule has 1 aromatic heterocycles. The Morgan fingerprint density at radius 3 is 3.00 bits per heavy atom. The van der Waals surface area contributed by atoms with Gasteiger partial charge >= 0.3 is 0 Å². The summed E-state index contributed by atoms with van der Waals surface area (Å²) in [4.78, 5) is 15.7. The Labute approximate surface area is 118 Å². The summed E-state index contributed by atoms with van der Waals surface area (Å²) in [5.74, 6) is 1.19. The van der Waals surface area contributed by atoms with E-state index in [1.54, 1.807) is 0 Å². The van der Waals surface area contributed by atoms with E-state index >= 15 is 0 Å². The third-order valence-corrected chi connectivity index (χ3v) is 2.88. The number of aryl methyl sites for hydroxylation is 1. The largest absolute Gasteiger partial charge is 0.356 e. The molecule has 0 saturated carbocycles. The molecule has 0 aliphatic carbocycles. The number of aromatic nitrogens is 2. The van der Waals surface area contributed by atoms with Crippen LogP contribution in [0.15, 0.2) is 28.8 Å². The minimum atomic E-state index is 0.0610. The zero-order chi connectivity index (χ0) is 14.4. The predicted octanol–water partition coefficient (Wildman–Crippen LogP) is 2.50. The first-order valence-corrected chi connectivity index (χ1v) is 6.85. The first kappa shape index (κ1) is 14.2. The molecule has 20 heavy (non-hydrogen) atoms. The molecule has 0 radical (unpaired) electrons. The second kappa shape index (κ2) is 6.84. The van der Waals surface area contributed by atoms with Crippen LogP contribution in [0.2, 0.25) is 0 Å². The van der Waals surface area contributed by atoms with Crippen LogP contribution >= 0.6 is 0 Å². The van der Waals surface area contributed by atoms with Crippen molar-refractivity contribution in [1.29, 1.82) is 0 Å². The van der Waals surface area contributed by atoms with Crippen molar-refractivity contribution < 1.29 is 9.32 Å². The van der Waals surface area contributed by atoms with Gasteiger partial charge in [-0.3, -0.25) is 4.79 Å². The van der Waals surface area contributed by atoms with E-state index in [4.69, 9.17) is 4.52 Å². The Kier molecular flexibility index (Phi) is 4.87. The molecule has 0 atom stereocenters. The van der Waals surface area contributed by atoms with E-state index in [1.807, 2.05) is 38.1 Å². The third-order valence-electron chi connectivity index (χ3n) is 2.88. The van der Waals surface area contributed by atoms with Gasteiger partial charge in [0.05, 0.1) is 0 Å². The lowest BCUT2D eigenvalue weighted by Crippen LogP contribution is -2.25. The number of carbonyl (C=O) groups is 1. The molecule has 0 unspecified atom stereocenters. The van der Waals surface area contributed by atoms with Crippen LogP contribution in [0.4, 0.5) is 0 Å². The van der Waals surface area contributed by atoms with Crippen LogP contribution < -0.4 is 5.32 Å². The molecule has 0 aliphatic rings. The van der Waals surface area contributed by atoms with E-state index in [2.05, 4.69) is 15.5 Å². The fraction of sp³-hybridized carbons (Fsp3) is 0.400. The zero-order valence-corrected chi connectivity index (χ0v) is 11.8. The molecule has 1 N–H and O–H groups in total. The van der Waals surface area contributed by atoms with Crippen LogP contribution in [0.25, 0.3) is 11.4 Å². The summed E-state index contributed by atoms with van der Waals surface area (Å²) in [7, 11) is 0. The van der Waals surface area contributed by atoms with Gasteiger partial charge in [-0.25, -0.2) is 0 Å². The van der Waals surface area contributed by atoms with Gasteiger partial charge in [0, 0.05) is 24.9 Å². The standard InChI is InChI=1S/C15H19N3O2/c1-3-5-13(19)16-9-8-14-17-15(18-20-14)12-7-4-6-11(2)10-12/h4,6-7,10H,3,5,8-9H2,1-2H3,(H,16,19). The van der Waals surface area contributed by atoms with E-state index < -0.39 is 0 Å². The Balaban J connectivity index is 1.91. The molecule has 0 fully saturated rings. The Hall–Kier alpha value is -2.17. The maximum Gasteiger partial charge on any atom is 0.228 e. The highest BCUT2D eigenvalue weighted by molar-refractivity contribution is 5.75. The second-order valence-electron chi connectivity index (χ2n) is 4.73. The Morgan fingerprint density at radius 1 is 1.40 bits per heavy atom. The zero-order valence-electron chi connectivity index (χ0n) is 11.8. The molecule has 0 saturated heterocycles. The maximum absolute atomic E-state index is 11.3. The maximum atomic E-state index is 11.3. The number of amides is 1. The number of hydrogen-bond donors (Lipinski definition) is 1. The number of carbonyl (C=O) groups excluding carboxylic acids is 1. The molecule has 106 valence electrons. The molecule has 0 spiro atoms. The highest BCUT2D eigenvalue weighted by Crippen LogP contribution is 2.16. The smallest absolute Gasteiger partial charge is 0.228 e. The van der Waals surface area contributed by atoms with Crippen molar-refractivity contribution in [2.75, 3.05) is 6.54 Å². The van der Waals surface area contributed by atoms with Crippen LogP contribution in [-0.2, 0) is 11.2 Å². The van der Waals surface area contributed by atoms with Gasteiger partial charge in [0.1, 0.15) is 0 Å². The van der Waals surface area contributed by atoms with E-state index in [0.717, 1.165) is 17.5 Å². The molecule has 2 rings (SSSR count). The van der Waals surface area contributed by atoms with Crippen LogP contribution in [0.3, 0.4) is 0 Å². The highest BCUT2D eigenvalue weighted by Gasteiger charge is 2.09. The average molecular weight is 273 g/mol. The van der Waals surface area contributed by atoms with Gasteiger partial charge in [0.2, 0.25) is 17.6 Å². The van der Waals surface area contributed by atoms with E-state index in [1.165, 1.54) is 0 Å². The molecule has 2 aromatic rings. The average Bonchev–Trinajstić information content (AvgIpc) is 2.88. The van der Waals surface area contributed by atoms with Gasteiger partial charge < -0.3 is 9.84 Å². The lowest BCUT2D eigenvalue weighted by Gasteiger charge is -2.00. The Bertz CT molecular complexity index is 578. The van der Waals surface area contributed by atoms with Crippen LogP contribution in [0.5, 0.6) is 0 Å². The quantitative estimate of drug-likeness (QED) is 0.878. The second-order valence-corrected chi connectivity index (χ2v) is 4.73. The first-order chi connectivity index (χ1) is 9.69. The summed E-state index contributed by atoms with van der Waals surface area (Å²) in [6.07, 6.45) is 1.95. The van der Waals surface area contributed by atoms with Gasteiger partial charge in [-0.15, -0.1) is 0 Å². The SMILES string of the molecule is CCCC(=O)NCCc1nc(-c2cccc(C)c2)no1. The molecule has 5 heteroatoms. The minimum absolute atomic E-state index is 0.0610. The molecule has 0 bridgehead atoms. The predicted molar refractivity (Wildman–Crippen MR) is 76.1 cm³/mol. The number of benzene rings is 1. The first-order valence-electron chi connectivity index (χ1n) is 6.85. The van der Waals surface area contributed by atoms with Crippen molar-refractivity contribution in [2.45, 2.75) is 33.1 Å². The van der Waals surface area contributed by atoms with Crippen LogP contribution in [-0.4, -0.2) is 22.6 Å². The minimum Gasteiger partial charge on any atom is -0.356 e. The fourth-order valence-corrected chi connectivity index (χ4v) is 1.88. The number of nitrogens with one attached hydrogen (secondary N) is 1. The lowest BCUT2D eigenvalue weighted by molar-refractivity contribution is -0.121. The van der Waals surface area contributed by atoms with Crippen molar-refractivity contribution in [2.24, 2.45) is 0 Å². The number of nitrogens with zero attached hydrogens (tertiary/aromatic N) is 2. The monoisotopic (exact) mass is 273 g/mol. The molecule has 1 heterocycles. The van der Waals surface area contributed by atoms with Gasteiger partial charge in [0.15, 0.2) is 0 Å². The Morgan fingerprint density at radius 2 is 2.25 bits per heavy atom. The fourth-order valence-electron chi connectivity index (χ4n) is 1.88. The summed E-state index contributed by atoms with van der Waals surface area (Å²) in [6, 6.07) is 7.95. The molecule has 0 aliphatic heterocycles. The summed E-state index contributed by atoms with van der Waals surface area (Å²) < 4.78 is 5.19. The lowest BCUT2D eigenvalue weighted by atomic mass is 10.1. The van der Waals surface area contributed by atoms with Crippen molar-refractivity contribution >= 4 is 5.91 Å². The van der Waals surface area contributed by atoms with Gasteiger partial charge in [0.25, 0.3) is 0 Å². The van der Waals surface area contributed by atoms with E-state index in [0.29, 0.717) is 31.1 Å². The van der Waals surface area contributed by atoms with Crippen molar-refractivity contribution in [3.8, 4) is 11.4 Å². The number of hydrogen-bond acceptors (Lipinski definition) is 4. The summed E-state index contributed by atoms with van der Waals surface area (Å²) in [5, 5.41) is 6.79. The molecule has 1 aromatic carbocycles. The topological polar surface area (TPSA) is 68.0 Å². The summed E-state index contributed by atoms with van der Waals surface area (Å²) in [5.41, 5.74) is 2.09. The van der Waals surface area contributed by atoms with Crippen molar-refractivity contribution in [1.82, 2.24) is 15.5 Å². The van der Waals surface area contributed by atoms with Crippen molar-refractivity contribution in [3.05, 3.63) is 35.7 Å². The number of rotatable bonds is 6. The summed E-state index contributed by atoms with van der Waals surface area (Å²) >= 11 is 0. The summed E-state index contributed by atoms with van der Waals surface area (Å²) in [6.45, 7) is 4.52. The molecule has 1 amide bonds. The van der Waals surface area contributed by atoms with Gasteiger partial charge in [-0.05, 0) is 19.4 Å². The van der Waals surface area contributed by atoms with E-state index in [9.17, 15) is 4.79 Å². The molecular formula is C15H19N3O2. The normalized spacial score (nSPS) is 10.5. The molecular weight excluding hydrogens is 254 g/mol. The van der Waals surface area contributed by atoms with Gasteiger partial charge in [-0.2, -0.15) is 4.98 Å². The van der Waals surface area contributed by atoms with Crippen LogP contribution in [0, 0.1) is 6.92 Å². The van der Waals surface area contributed by atoms with Crippen LogP contribution in [0.1, 0.15) is 31.2 Å².